The second-order valence-electron chi connectivity index (χ2n) is 3.41. The van der Waals surface area contributed by atoms with E-state index < -0.39 is 5.92 Å². The van der Waals surface area contributed by atoms with Crippen molar-refractivity contribution in [2.75, 3.05) is 20.8 Å². The Morgan fingerprint density at radius 1 is 1.50 bits per heavy atom. The molecule has 5 heteroatoms. The monoisotopic (exact) mass is 242 g/mol. The smallest absolute Gasteiger partial charge is 0.316 e. The molecule has 0 fully saturated rings. The normalized spacial score (nSPS) is 17.6. The molecule has 0 saturated carbocycles. The highest BCUT2D eigenvalue weighted by Gasteiger charge is 2.33. The van der Waals surface area contributed by atoms with Crippen LogP contribution in [-0.4, -0.2) is 26.8 Å². The molecule has 4 nitrogen and oxygen atoms in total. The van der Waals surface area contributed by atoms with Crippen LogP contribution in [0.5, 0.6) is 11.5 Å². The maximum atomic E-state index is 11.5. The predicted molar refractivity (Wildman–Crippen MR) is 58.3 cm³/mol. The lowest BCUT2D eigenvalue weighted by Gasteiger charge is -2.08. The molecule has 1 aromatic carbocycles. The molecule has 1 aliphatic heterocycles. The second kappa shape index (κ2) is 4.22. The van der Waals surface area contributed by atoms with E-state index in [0.717, 1.165) is 5.56 Å². The number of hydrogen-bond donors (Lipinski definition) is 0. The number of halogens is 1. The third-order valence-corrected chi connectivity index (χ3v) is 2.74. The van der Waals surface area contributed by atoms with Gasteiger partial charge >= 0.3 is 5.97 Å². The number of carbonyl (C=O) groups excluding carboxylic acids is 1. The Morgan fingerprint density at radius 3 is 2.88 bits per heavy atom. The SMILES string of the molecule is COC(=O)C1COc2c(OC)cc(Cl)cc21. The molecule has 16 heavy (non-hydrogen) atoms. The van der Waals surface area contributed by atoms with Crippen molar-refractivity contribution in [3.8, 4) is 11.5 Å². The zero-order valence-electron chi connectivity index (χ0n) is 8.95. The van der Waals surface area contributed by atoms with Gasteiger partial charge in [0.1, 0.15) is 12.5 Å². The van der Waals surface area contributed by atoms with Crippen molar-refractivity contribution >= 4 is 17.6 Å². The first-order valence-corrected chi connectivity index (χ1v) is 5.13. The second-order valence-corrected chi connectivity index (χ2v) is 3.85. The van der Waals surface area contributed by atoms with Crippen molar-refractivity contribution in [1.82, 2.24) is 0 Å². The Kier molecular flexibility index (Phi) is 2.92. The van der Waals surface area contributed by atoms with E-state index in [1.54, 1.807) is 12.1 Å². The third-order valence-electron chi connectivity index (χ3n) is 2.52. The van der Waals surface area contributed by atoms with Gasteiger partial charge in [0.05, 0.1) is 14.2 Å². The lowest BCUT2D eigenvalue weighted by molar-refractivity contribution is -0.142. The van der Waals surface area contributed by atoms with E-state index in [-0.39, 0.29) is 12.6 Å². The molecule has 0 aromatic heterocycles. The molecule has 0 saturated heterocycles. The number of rotatable bonds is 2. The van der Waals surface area contributed by atoms with Crippen molar-refractivity contribution in [3.63, 3.8) is 0 Å². The molecule has 0 amide bonds. The third kappa shape index (κ3) is 1.69. The van der Waals surface area contributed by atoms with Crippen molar-refractivity contribution in [2.45, 2.75) is 5.92 Å². The van der Waals surface area contributed by atoms with E-state index in [9.17, 15) is 4.79 Å². The van der Waals surface area contributed by atoms with Crippen LogP contribution in [0, 0.1) is 0 Å². The molecule has 0 spiro atoms. The molecule has 86 valence electrons. The minimum absolute atomic E-state index is 0.263. The van der Waals surface area contributed by atoms with Gasteiger partial charge in [0.2, 0.25) is 0 Å². The van der Waals surface area contributed by atoms with Crippen molar-refractivity contribution in [1.29, 1.82) is 0 Å². The maximum Gasteiger partial charge on any atom is 0.316 e. The summed E-state index contributed by atoms with van der Waals surface area (Å²) in [6.45, 7) is 0.263. The summed E-state index contributed by atoms with van der Waals surface area (Å²) in [6, 6.07) is 3.36. The number of fused-ring (bicyclic) bond motifs is 1. The highest BCUT2D eigenvalue weighted by molar-refractivity contribution is 6.30. The fourth-order valence-corrected chi connectivity index (χ4v) is 1.96. The number of hydrogen-bond acceptors (Lipinski definition) is 4. The molecule has 0 bridgehead atoms. The van der Waals surface area contributed by atoms with E-state index in [0.29, 0.717) is 16.5 Å². The van der Waals surface area contributed by atoms with Crippen LogP contribution in [0.4, 0.5) is 0 Å². The summed E-state index contributed by atoms with van der Waals surface area (Å²) >= 11 is 5.93. The van der Waals surface area contributed by atoms with E-state index in [1.165, 1.54) is 14.2 Å². The Labute approximate surface area is 98.1 Å². The van der Waals surface area contributed by atoms with E-state index in [4.69, 9.17) is 25.8 Å². The minimum atomic E-state index is -0.424. The molecule has 1 atom stereocenters. The Hall–Kier alpha value is -1.42. The largest absolute Gasteiger partial charge is 0.493 e. The molecule has 1 heterocycles. The van der Waals surface area contributed by atoms with Gasteiger partial charge in [0.25, 0.3) is 0 Å². The summed E-state index contributed by atoms with van der Waals surface area (Å²) in [4.78, 5) is 11.5. The summed E-state index contributed by atoms with van der Waals surface area (Å²) in [7, 11) is 2.88. The van der Waals surface area contributed by atoms with Crippen LogP contribution < -0.4 is 9.47 Å². The van der Waals surface area contributed by atoms with Crippen molar-refractivity contribution in [2.24, 2.45) is 0 Å². The van der Waals surface area contributed by atoms with E-state index >= 15 is 0 Å². The molecule has 1 aliphatic rings. The van der Waals surface area contributed by atoms with Crippen LogP contribution >= 0.6 is 11.6 Å². The topological polar surface area (TPSA) is 44.8 Å². The Balaban J connectivity index is 2.46. The first-order chi connectivity index (χ1) is 7.67. The van der Waals surface area contributed by atoms with E-state index in [1.807, 2.05) is 0 Å². The van der Waals surface area contributed by atoms with Gasteiger partial charge in [-0.2, -0.15) is 0 Å². The summed E-state index contributed by atoms with van der Waals surface area (Å²) in [5.74, 6) is 0.354. The zero-order valence-corrected chi connectivity index (χ0v) is 9.71. The minimum Gasteiger partial charge on any atom is -0.493 e. The highest BCUT2D eigenvalue weighted by Crippen LogP contribution is 2.43. The highest BCUT2D eigenvalue weighted by atomic mass is 35.5. The molecule has 0 aliphatic carbocycles. The fourth-order valence-electron chi connectivity index (χ4n) is 1.75. The number of carbonyl (C=O) groups is 1. The van der Waals surface area contributed by atoms with Crippen LogP contribution in [0.2, 0.25) is 5.02 Å². The van der Waals surface area contributed by atoms with Crippen molar-refractivity contribution in [3.05, 3.63) is 22.7 Å². The molecule has 1 unspecified atom stereocenters. The number of esters is 1. The van der Waals surface area contributed by atoms with Crippen LogP contribution in [0.1, 0.15) is 11.5 Å². The zero-order chi connectivity index (χ0) is 11.7. The average molecular weight is 243 g/mol. The van der Waals surface area contributed by atoms with Gasteiger partial charge in [-0.25, -0.2) is 0 Å². The summed E-state index contributed by atoms with van der Waals surface area (Å²) in [5, 5.41) is 0.509. The average Bonchev–Trinajstić information content (AvgIpc) is 2.70. The Morgan fingerprint density at radius 2 is 2.25 bits per heavy atom. The van der Waals surface area contributed by atoms with Gasteiger partial charge in [0.15, 0.2) is 11.5 Å². The molecule has 1 aromatic rings. The fraction of sp³-hybridized carbons (Fsp3) is 0.364. The first kappa shape index (κ1) is 11.1. The molecular formula is C11H11ClO4. The van der Waals surface area contributed by atoms with Gasteiger partial charge in [0, 0.05) is 16.7 Å². The lowest BCUT2D eigenvalue weighted by Crippen LogP contribution is -2.15. The standard InChI is InChI=1S/C11H11ClO4/c1-14-9-4-6(12)3-7-8(11(13)15-2)5-16-10(7)9/h3-4,8H,5H2,1-2H3. The predicted octanol–water partition coefficient (Wildman–Crippen LogP) is 2.00. The quantitative estimate of drug-likeness (QED) is 0.744. The number of benzene rings is 1. The van der Waals surface area contributed by atoms with Gasteiger partial charge in [-0.05, 0) is 6.07 Å². The van der Waals surface area contributed by atoms with Gasteiger partial charge in [-0.3, -0.25) is 4.79 Å². The number of methoxy groups -OCH3 is 2. The summed E-state index contributed by atoms with van der Waals surface area (Å²) < 4.78 is 15.3. The lowest BCUT2D eigenvalue weighted by atomic mass is 10.0. The van der Waals surface area contributed by atoms with E-state index in [2.05, 4.69) is 0 Å². The first-order valence-electron chi connectivity index (χ1n) is 4.75. The van der Waals surface area contributed by atoms with Gasteiger partial charge in [-0.15, -0.1) is 0 Å². The summed E-state index contributed by atoms with van der Waals surface area (Å²) in [6.07, 6.45) is 0. The molecule has 0 radical (unpaired) electrons. The Bertz CT molecular complexity index is 430. The molecule has 0 N–H and O–H groups in total. The summed E-state index contributed by atoms with van der Waals surface area (Å²) in [5.41, 5.74) is 0.719. The van der Waals surface area contributed by atoms with Gasteiger partial charge < -0.3 is 14.2 Å². The molecular weight excluding hydrogens is 232 g/mol. The number of ether oxygens (including phenoxy) is 3. The van der Waals surface area contributed by atoms with Crippen LogP contribution in [0.3, 0.4) is 0 Å². The molecule has 2 rings (SSSR count). The van der Waals surface area contributed by atoms with Crippen molar-refractivity contribution < 1.29 is 19.0 Å². The maximum absolute atomic E-state index is 11.5. The van der Waals surface area contributed by atoms with Crippen LogP contribution in [0.15, 0.2) is 12.1 Å². The van der Waals surface area contributed by atoms with Crippen LogP contribution in [0.25, 0.3) is 0 Å². The van der Waals surface area contributed by atoms with Gasteiger partial charge in [-0.1, -0.05) is 11.6 Å². The van der Waals surface area contributed by atoms with Crippen LogP contribution in [-0.2, 0) is 9.53 Å².